The van der Waals surface area contributed by atoms with E-state index >= 15 is 0 Å². The molecule has 0 aliphatic carbocycles. The molecule has 2 aromatic heterocycles. The summed E-state index contributed by atoms with van der Waals surface area (Å²) in [4.78, 5) is 14.2. The van der Waals surface area contributed by atoms with Crippen molar-refractivity contribution in [1.82, 2.24) is 10.2 Å². The van der Waals surface area contributed by atoms with Crippen LogP contribution >= 0.6 is 11.3 Å². The highest BCUT2D eigenvalue weighted by Gasteiger charge is 2.24. The first-order valence-electron chi connectivity index (χ1n) is 7.49. The molecule has 0 fully saturated rings. The van der Waals surface area contributed by atoms with Crippen LogP contribution in [0.5, 0.6) is 0 Å². The number of hydrogen-bond donors (Lipinski definition) is 0. The van der Waals surface area contributed by atoms with E-state index < -0.39 is 0 Å². The molecule has 1 aromatic carbocycles. The molecule has 7 heteroatoms. The number of halogens is 1. The number of amides is 1. The van der Waals surface area contributed by atoms with Crippen molar-refractivity contribution >= 4 is 22.4 Å². The predicted molar refractivity (Wildman–Crippen MR) is 90.5 cm³/mol. The normalized spacial score (nSPS) is 11.0. The number of carbonyl (C=O) groups excluding carboxylic acids is 1. The van der Waals surface area contributed by atoms with Crippen molar-refractivity contribution in [2.75, 3.05) is 11.4 Å². The Labute approximate surface area is 142 Å². The zero-order chi connectivity index (χ0) is 17.1. The number of nitrogens with zero attached hydrogens (tertiary/aromatic N) is 3. The van der Waals surface area contributed by atoms with Crippen LogP contribution in [0.15, 0.2) is 47.1 Å². The summed E-state index contributed by atoms with van der Waals surface area (Å²) in [5, 5.41) is 9.39. The zero-order valence-electron chi connectivity index (χ0n) is 13.3. The van der Waals surface area contributed by atoms with E-state index in [0.29, 0.717) is 16.7 Å². The minimum Gasteiger partial charge on any atom is -0.459 e. The average molecular weight is 345 g/mol. The molecule has 0 unspecified atom stereocenters. The third-order valence-corrected chi connectivity index (χ3v) is 4.26. The average Bonchev–Trinajstić information content (AvgIpc) is 3.24. The van der Waals surface area contributed by atoms with Crippen molar-refractivity contribution in [3.63, 3.8) is 0 Å². The Bertz CT molecular complexity index is 813. The Hall–Kier alpha value is -2.54. The molecule has 24 heavy (non-hydrogen) atoms. The second-order valence-electron chi connectivity index (χ2n) is 5.68. The van der Waals surface area contributed by atoms with Crippen molar-refractivity contribution in [3.8, 4) is 10.6 Å². The molecule has 0 atom stereocenters. The second-order valence-corrected chi connectivity index (χ2v) is 6.64. The van der Waals surface area contributed by atoms with Crippen molar-refractivity contribution in [1.29, 1.82) is 0 Å². The lowest BCUT2D eigenvalue weighted by atomic mass is 10.2. The van der Waals surface area contributed by atoms with Crippen LogP contribution < -0.4 is 4.90 Å². The van der Waals surface area contributed by atoms with Gasteiger partial charge in [-0.25, -0.2) is 4.39 Å². The zero-order valence-corrected chi connectivity index (χ0v) is 14.1. The number of furan rings is 1. The first-order valence-corrected chi connectivity index (χ1v) is 8.31. The first kappa shape index (κ1) is 16.3. The van der Waals surface area contributed by atoms with Gasteiger partial charge in [-0.15, -0.1) is 10.2 Å². The van der Waals surface area contributed by atoms with Gasteiger partial charge in [-0.3, -0.25) is 9.69 Å². The summed E-state index contributed by atoms with van der Waals surface area (Å²) in [6.45, 7) is 4.53. The van der Waals surface area contributed by atoms with Gasteiger partial charge in [-0.1, -0.05) is 25.2 Å². The molecule has 0 N–H and O–H groups in total. The summed E-state index contributed by atoms with van der Waals surface area (Å²) in [5.74, 6) is -0.0512. The fourth-order valence-electron chi connectivity index (χ4n) is 2.18. The molecular formula is C17H16FN3O2S. The molecule has 0 saturated carbocycles. The highest BCUT2D eigenvalue weighted by molar-refractivity contribution is 7.18. The van der Waals surface area contributed by atoms with Gasteiger partial charge in [0.1, 0.15) is 10.8 Å². The van der Waals surface area contributed by atoms with Crippen molar-refractivity contribution in [2.24, 2.45) is 5.92 Å². The van der Waals surface area contributed by atoms with Crippen LogP contribution in [-0.4, -0.2) is 22.6 Å². The van der Waals surface area contributed by atoms with E-state index in [4.69, 9.17) is 4.42 Å². The van der Waals surface area contributed by atoms with Crippen LogP contribution in [0.25, 0.3) is 10.6 Å². The SMILES string of the molecule is CC(C)CN(C(=O)c1ccco1)c1nnc(-c2ccc(F)cc2)s1. The molecule has 0 aliphatic rings. The lowest BCUT2D eigenvalue weighted by Crippen LogP contribution is -2.34. The topological polar surface area (TPSA) is 59.2 Å². The molecule has 0 bridgehead atoms. The molecule has 5 nitrogen and oxygen atoms in total. The highest BCUT2D eigenvalue weighted by atomic mass is 32.1. The third kappa shape index (κ3) is 3.51. The van der Waals surface area contributed by atoms with E-state index in [1.807, 2.05) is 13.8 Å². The minimum atomic E-state index is -0.307. The number of anilines is 1. The number of rotatable bonds is 5. The van der Waals surface area contributed by atoms with Gasteiger partial charge in [0.15, 0.2) is 5.76 Å². The molecule has 1 amide bonds. The minimum absolute atomic E-state index is 0.252. The van der Waals surface area contributed by atoms with E-state index in [0.717, 1.165) is 5.56 Å². The number of carbonyl (C=O) groups is 1. The lowest BCUT2D eigenvalue weighted by molar-refractivity contribution is 0.0957. The van der Waals surface area contributed by atoms with E-state index in [1.54, 1.807) is 29.2 Å². The largest absolute Gasteiger partial charge is 0.459 e. The maximum Gasteiger partial charge on any atom is 0.295 e. The van der Waals surface area contributed by atoms with Gasteiger partial charge < -0.3 is 4.42 Å². The fourth-order valence-corrected chi connectivity index (χ4v) is 3.04. The van der Waals surface area contributed by atoms with Gasteiger partial charge in [0.2, 0.25) is 5.13 Å². The van der Waals surface area contributed by atoms with E-state index in [1.165, 1.54) is 29.7 Å². The van der Waals surface area contributed by atoms with Gasteiger partial charge >= 0.3 is 0 Å². The first-order chi connectivity index (χ1) is 11.5. The monoisotopic (exact) mass is 345 g/mol. The standard InChI is InChI=1S/C17H16FN3O2S/c1-11(2)10-21(16(22)14-4-3-9-23-14)17-20-19-15(24-17)12-5-7-13(18)8-6-12/h3-9,11H,10H2,1-2H3. The van der Waals surface area contributed by atoms with Gasteiger partial charge in [-0.2, -0.15) is 0 Å². The lowest BCUT2D eigenvalue weighted by Gasteiger charge is -2.20. The van der Waals surface area contributed by atoms with E-state index in [2.05, 4.69) is 10.2 Å². The van der Waals surface area contributed by atoms with Crippen LogP contribution in [0.3, 0.4) is 0 Å². The van der Waals surface area contributed by atoms with Crippen molar-refractivity contribution in [3.05, 3.63) is 54.2 Å². The maximum atomic E-state index is 13.0. The summed E-state index contributed by atoms with van der Waals surface area (Å²) < 4.78 is 18.3. The van der Waals surface area contributed by atoms with E-state index in [9.17, 15) is 9.18 Å². The van der Waals surface area contributed by atoms with Crippen LogP contribution in [0, 0.1) is 11.7 Å². The van der Waals surface area contributed by atoms with Crippen LogP contribution in [-0.2, 0) is 0 Å². The fraction of sp³-hybridized carbons (Fsp3) is 0.235. The molecule has 124 valence electrons. The Kier molecular flexibility index (Phi) is 4.71. The molecule has 0 radical (unpaired) electrons. The number of hydrogen-bond acceptors (Lipinski definition) is 5. The number of benzene rings is 1. The van der Waals surface area contributed by atoms with E-state index in [-0.39, 0.29) is 23.4 Å². The summed E-state index contributed by atoms with van der Waals surface area (Å²) in [6, 6.07) is 9.32. The molecule has 0 saturated heterocycles. The Balaban J connectivity index is 1.91. The Morgan fingerprint density at radius 1 is 1.25 bits per heavy atom. The van der Waals surface area contributed by atoms with Crippen molar-refractivity contribution < 1.29 is 13.6 Å². The molecule has 3 aromatic rings. The molecule has 0 aliphatic heterocycles. The van der Waals surface area contributed by atoms with Gasteiger partial charge in [-0.05, 0) is 42.3 Å². The molecule has 3 rings (SSSR count). The summed E-state index contributed by atoms with van der Waals surface area (Å²) in [5.41, 5.74) is 0.759. The van der Waals surface area contributed by atoms with Gasteiger partial charge in [0.05, 0.1) is 6.26 Å². The second kappa shape index (κ2) is 6.92. The van der Waals surface area contributed by atoms with Crippen LogP contribution in [0.4, 0.5) is 9.52 Å². The summed E-state index contributed by atoms with van der Waals surface area (Å²) in [7, 11) is 0. The van der Waals surface area contributed by atoms with Gasteiger partial charge in [0.25, 0.3) is 5.91 Å². The molecule has 0 spiro atoms. The predicted octanol–water partition coefficient (Wildman–Crippen LogP) is 4.24. The molecular weight excluding hydrogens is 329 g/mol. The van der Waals surface area contributed by atoms with Gasteiger partial charge in [0, 0.05) is 12.1 Å². The molecule has 2 heterocycles. The Morgan fingerprint density at radius 2 is 2.00 bits per heavy atom. The van der Waals surface area contributed by atoms with Crippen molar-refractivity contribution in [2.45, 2.75) is 13.8 Å². The highest BCUT2D eigenvalue weighted by Crippen LogP contribution is 2.30. The summed E-state index contributed by atoms with van der Waals surface area (Å²) >= 11 is 1.29. The third-order valence-electron chi connectivity index (χ3n) is 3.26. The van der Waals surface area contributed by atoms with Crippen LogP contribution in [0.1, 0.15) is 24.4 Å². The van der Waals surface area contributed by atoms with Crippen LogP contribution in [0.2, 0.25) is 0 Å². The maximum absolute atomic E-state index is 13.0. The Morgan fingerprint density at radius 3 is 2.62 bits per heavy atom. The number of aromatic nitrogens is 2. The smallest absolute Gasteiger partial charge is 0.295 e. The quantitative estimate of drug-likeness (QED) is 0.694. The summed E-state index contributed by atoms with van der Waals surface area (Å²) in [6.07, 6.45) is 1.46.